The summed E-state index contributed by atoms with van der Waals surface area (Å²) in [5, 5.41) is 9.30. The van der Waals surface area contributed by atoms with E-state index >= 15 is 0 Å². The van der Waals surface area contributed by atoms with E-state index in [4.69, 9.17) is 9.47 Å². The van der Waals surface area contributed by atoms with Crippen molar-refractivity contribution in [2.45, 2.75) is 32.4 Å². The number of aliphatic carboxylic acids is 1. The van der Waals surface area contributed by atoms with Crippen LogP contribution < -0.4 is 9.47 Å². The standard InChI is InChI=1S/C15H23NO4/c1-10(16(4)15(2,3)14(17)18)11-7-8-12(19-5)13(9-11)20-6/h7-10H,1-6H3,(H,17,18). The third-order valence-corrected chi connectivity index (χ3v) is 3.88. The van der Waals surface area contributed by atoms with Gasteiger partial charge in [-0.05, 0) is 45.5 Å². The van der Waals surface area contributed by atoms with Crippen LogP contribution in [0.5, 0.6) is 11.5 Å². The van der Waals surface area contributed by atoms with Crippen molar-refractivity contribution in [2.75, 3.05) is 21.3 Å². The number of carbonyl (C=O) groups is 1. The topological polar surface area (TPSA) is 59.0 Å². The number of hydrogen-bond acceptors (Lipinski definition) is 4. The van der Waals surface area contributed by atoms with Crippen LogP contribution in [0.25, 0.3) is 0 Å². The second kappa shape index (κ2) is 6.13. The molecule has 20 heavy (non-hydrogen) atoms. The largest absolute Gasteiger partial charge is 0.493 e. The summed E-state index contributed by atoms with van der Waals surface area (Å²) < 4.78 is 10.5. The Balaban J connectivity index is 3.09. The average Bonchev–Trinajstić information content (AvgIpc) is 2.44. The van der Waals surface area contributed by atoms with Gasteiger partial charge in [0.15, 0.2) is 11.5 Å². The molecule has 0 saturated heterocycles. The lowest BCUT2D eigenvalue weighted by Crippen LogP contribution is -2.48. The Morgan fingerprint density at radius 1 is 1.25 bits per heavy atom. The first-order chi connectivity index (χ1) is 9.25. The Morgan fingerprint density at radius 2 is 1.80 bits per heavy atom. The van der Waals surface area contributed by atoms with Gasteiger partial charge in [0.2, 0.25) is 0 Å². The van der Waals surface area contributed by atoms with Gasteiger partial charge < -0.3 is 14.6 Å². The number of likely N-dealkylation sites (N-methyl/N-ethyl adjacent to an activating group) is 1. The lowest BCUT2D eigenvalue weighted by Gasteiger charge is -2.36. The van der Waals surface area contributed by atoms with Crippen LogP contribution in [-0.4, -0.2) is 42.8 Å². The van der Waals surface area contributed by atoms with E-state index in [0.29, 0.717) is 11.5 Å². The Morgan fingerprint density at radius 3 is 2.25 bits per heavy atom. The molecule has 0 heterocycles. The van der Waals surface area contributed by atoms with E-state index in [-0.39, 0.29) is 6.04 Å². The number of benzene rings is 1. The molecule has 5 heteroatoms. The average molecular weight is 281 g/mol. The fourth-order valence-corrected chi connectivity index (χ4v) is 1.97. The summed E-state index contributed by atoms with van der Waals surface area (Å²) in [6, 6.07) is 5.55. The molecule has 0 aliphatic rings. The molecule has 1 aromatic rings. The highest BCUT2D eigenvalue weighted by Crippen LogP contribution is 2.33. The van der Waals surface area contributed by atoms with E-state index in [9.17, 15) is 9.90 Å². The smallest absolute Gasteiger partial charge is 0.323 e. The fraction of sp³-hybridized carbons (Fsp3) is 0.533. The van der Waals surface area contributed by atoms with Crippen LogP contribution in [-0.2, 0) is 4.79 Å². The first-order valence-corrected chi connectivity index (χ1v) is 6.44. The first kappa shape index (κ1) is 16.3. The highest BCUT2D eigenvalue weighted by atomic mass is 16.5. The molecule has 112 valence electrons. The van der Waals surface area contributed by atoms with Gasteiger partial charge in [0, 0.05) is 6.04 Å². The van der Waals surface area contributed by atoms with Crippen molar-refractivity contribution >= 4 is 5.97 Å². The normalized spacial score (nSPS) is 13.2. The Kier molecular flexibility index (Phi) is 5.00. The van der Waals surface area contributed by atoms with E-state index in [1.807, 2.05) is 30.0 Å². The predicted octanol–water partition coefficient (Wildman–Crippen LogP) is 2.56. The molecule has 0 radical (unpaired) electrons. The van der Waals surface area contributed by atoms with Crippen molar-refractivity contribution in [1.29, 1.82) is 0 Å². The van der Waals surface area contributed by atoms with Gasteiger partial charge in [0.1, 0.15) is 5.54 Å². The molecule has 1 N–H and O–H groups in total. The number of methoxy groups -OCH3 is 2. The highest BCUT2D eigenvalue weighted by molar-refractivity contribution is 5.77. The van der Waals surface area contributed by atoms with Gasteiger partial charge in [-0.25, -0.2) is 0 Å². The molecule has 0 spiro atoms. The van der Waals surface area contributed by atoms with Crippen molar-refractivity contribution in [2.24, 2.45) is 0 Å². The zero-order valence-corrected chi connectivity index (χ0v) is 12.9. The minimum Gasteiger partial charge on any atom is -0.493 e. The Hall–Kier alpha value is -1.75. The molecule has 0 aliphatic heterocycles. The van der Waals surface area contributed by atoms with E-state index in [2.05, 4.69) is 0 Å². The predicted molar refractivity (Wildman–Crippen MR) is 77.4 cm³/mol. The maximum Gasteiger partial charge on any atom is 0.323 e. The summed E-state index contributed by atoms with van der Waals surface area (Å²) in [4.78, 5) is 13.2. The van der Waals surface area contributed by atoms with Crippen molar-refractivity contribution in [1.82, 2.24) is 4.90 Å². The van der Waals surface area contributed by atoms with Crippen LogP contribution >= 0.6 is 0 Å². The number of carboxylic acid groups (broad SMARTS) is 1. The second-order valence-electron chi connectivity index (χ2n) is 5.27. The van der Waals surface area contributed by atoms with Gasteiger partial charge in [-0.3, -0.25) is 9.69 Å². The maximum atomic E-state index is 11.3. The van der Waals surface area contributed by atoms with Gasteiger partial charge in [-0.15, -0.1) is 0 Å². The highest BCUT2D eigenvalue weighted by Gasteiger charge is 2.35. The monoisotopic (exact) mass is 281 g/mol. The molecular formula is C15H23NO4. The van der Waals surface area contributed by atoms with Gasteiger partial charge in [0.05, 0.1) is 14.2 Å². The molecule has 1 atom stereocenters. The van der Waals surface area contributed by atoms with Crippen LogP contribution in [0.2, 0.25) is 0 Å². The Bertz CT molecular complexity index is 485. The molecule has 1 unspecified atom stereocenters. The lowest BCUT2D eigenvalue weighted by molar-refractivity contribution is -0.149. The summed E-state index contributed by atoms with van der Waals surface area (Å²) in [5.74, 6) is 0.439. The first-order valence-electron chi connectivity index (χ1n) is 6.44. The summed E-state index contributed by atoms with van der Waals surface area (Å²) in [6.45, 7) is 5.34. The molecule has 1 aromatic carbocycles. The van der Waals surface area contributed by atoms with Crippen molar-refractivity contribution < 1.29 is 19.4 Å². The molecule has 0 aliphatic carbocycles. The van der Waals surface area contributed by atoms with Gasteiger partial charge in [-0.2, -0.15) is 0 Å². The molecule has 0 amide bonds. The Labute approximate surface area is 120 Å². The summed E-state index contributed by atoms with van der Waals surface area (Å²) in [7, 11) is 4.97. The number of rotatable bonds is 6. The van der Waals surface area contributed by atoms with Crippen LogP contribution in [0.1, 0.15) is 32.4 Å². The quantitative estimate of drug-likeness (QED) is 0.868. The molecule has 0 saturated carbocycles. The molecule has 0 aromatic heterocycles. The van der Waals surface area contributed by atoms with Gasteiger partial charge in [-0.1, -0.05) is 6.07 Å². The van der Waals surface area contributed by atoms with Crippen molar-refractivity contribution in [3.63, 3.8) is 0 Å². The lowest BCUT2D eigenvalue weighted by atomic mass is 9.98. The fourth-order valence-electron chi connectivity index (χ4n) is 1.97. The van der Waals surface area contributed by atoms with Crippen molar-refractivity contribution in [3.05, 3.63) is 23.8 Å². The third kappa shape index (κ3) is 3.04. The number of carboxylic acids is 1. The number of ether oxygens (including phenoxy) is 2. The van der Waals surface area contributed by atoms with Gasteiger partial charge in [0.25, 0.3) is 0 Å². The molecule has 0 fully saturated rings. The molecule has 5 nitrogen and oxygen atoms in total. The molecular weight excluding hydrogens is 258 g/mol. The van der Waals surface area contributed by atoms with E-state index in [1.165, 1.54) is 0 Å². The minimum atomic E-state index is -0.952. The zero-order chi connectivity index (χ0) is 15.5. The van der Waals surface area contributed by atoms with Gasteiger partial charge >= 0.3 is 5.97 Å². The van der Waals surface area contributed by atoms with Crippen molar-refractivity contribution in [3.8, 4) is 11.5 Å². The molecule has 0 bridgehead atoms. The van der Waals surface area contributed by atoms with Crippen LogP contribution in [0.15, 0.2) is 18.2 Å². The summed E-state index contributed by atoms with van der Waals surface area (Å²) in [6.07, 6.45) is 0. The SMILES string of the molecule is COc1ccc(C(C)N(C)C(C)(C)C(=O)O)cc1OC. The maximum absolute atomic E-state index is 11.3. The van der Waals surface area contributed by atoms with E-state index in [0.717, 1.165) is 5.56 Å². The van der Waals surface area contributed by atoms with E-state index < -0.39 is 11.5 Å². The molecule has 1 rings (SSSR count). The van der Waals surface area contributed by atoms with E-state index in [1.54, 1.807) is 35.1 Å². The number of hydrogen-bond donors (Lipinski definition) is 1. The second-order valence-corrected chi connectivity index (χ2v) is 5.27. The van der Waals surface area contributed by atoms with Crippen LogP contribution in [0.4, 0.5) is 0 Å². The third-order valence-electron chi connectivity index (χ3n) is 3.88. The number of nitrogens with zero attached hydrogens (tertiary/aromatic N) is 1. The minimum absolute atomic E-state index is 0.0686. The zero-order valence-electron chi connectivity index (χ0n) is 12.9. The summed E-state index contributed by atoms with van der Waals surface area (Å²) >= 11 is 0. The summed E-state index contributed by atoms with van der Waals surface area (Å²) in [5.41, 5.74) is 0.0199. The van der Waals surface area contributed by atoms with Crippen LogP contribution in [0.3, 0.4) is 0 Å². The van der Waals surface area contributed by atoms with Crippen LogP contribution in [0, 0.1) is 0 Å².